The van der Waals surface area contributed by atoms with E-state index in [4.69, 9.17) is 9.47 Å². The van der Waals surface area contributed by atoms with Gasteiger partial charge < -0.3 is 14.8 Å². The van der Waals surface area contributed by atoms with Crippen molar-refractivity contribution in [3.05, 3.63) is 53.1 Å². The van der Waals surface area contributed by atoms with Crippen LogP contribution in [-0.4, -0.2) is 52.5 Å². The molecule has 0 aromatic heterocycles. The maximum Gasteiger partial charge on any atom is 0.251 e. The highest BCUT2D eigenvalue weighted by Crippen LogP contribution is 2.27. The monoisotopic (exact) mass is 432 g/mol. The molecule has 2 aromatic carbocycles. The van der Waals surface area contributed by atoms with Crippen LogP contribution in [0.5, 0.6) is 11.5 Å². The summed E-state index contributed by atoms with van der Waals surface area (Å²) >= 11 is 0. The number of nitrogens with one attached hydrogen (secondary N) is 1. The summed E-state index contributed by atoms with van der Waals surface area (Å²) in [6, 6.07) is 10.4. The lowest BCUT2D eigenvalue weighted by atomic mass is 10.1. The zero-order valence-electron chi connectivity index (χ0n) is 17.6. The van der Waals surface area contributed by atoms with Crippen molar-refractivity contribution in [2.75, 3.05) is 33.9 Å². The van der Waals surface area contributed by atoms with Crippen LogP contribution in [0.4, 0.5) is 0 Å². The van der Waals surface area contributed by atoms with E-state index in [1.54, 1.807) is 33.3 Å². The number of nitrogens with zero attached hydrogens (tertiary/aromatic N) is 1. The average molecular weight is 433 g/mol. The summed E-state index contributed by atoms with van der Waals surface area (Å²) in [4.78, 5) is 12.9. The van der Waals surface area contributed by atoms with E-state index in [1.165, 1.54) is 10.4 Å². The molecule has 3 rings (SSSR count). The van der Waals surface area contributed by atoms with Crippen molar-refractivity contribution in [3.8, 4) is 11.5 Å². The van der Waals surface area contributed by atoms with Crippen molar-refractivity contribution in [1.82, 2.24) is 9.62 Å². The predicted molar refractivity (Wildman–Crippen MR) is 115 cm³/mol. The quantitative estimate of drug-likeness (QED) is 0.693. The molecule has 8 heteroatoms. The first-order valence-electron chi connectivity index (χ1n) is 9.96. The van der Waals surface area contributed by atoms with E-state index in [1.807, 2.05) is 18.2 Å². The molecule has 1 N–H and O–H groups in total. The molecule has 30 heavy (non-hydrogen) atoms. The van der Waals surface area contributed by atoms with Crippen LogP contribution in [0.1, 0.15) is 34.3 Å². The lowest BCUT2D eigenvalue weighted by Gasteiger charge is -2.17. The van der Waals surface area contributed by atoms with Gasteiger partial charge in [-0.3, -0.25) is 4.79 Å². The number of methoxy groups -OCH3 is 2. The summed E-state index contributed by atoms with van der Waals surface area (Å²) in [5.41, 5.74) is 2.11. The molecular formula is C22H28N2O5S. The second kappa shape index (κ2) is 9.49. The van der Waals surface area contributed by atoms with Gasteiger partial charge in [-0.15, -0.1) is 0 Å². The molecule has 1 fully saturated rings. The Morgan fingerprint density at radius 2 is 1.73 bits per heavy atom. The van der Waals surface area contributed by atoms with Gasteiger partial charge in [-0.05, 0) is 61.6 Å². The Kier molecular flexibility index (Phi) is 6.99. The number of amides is 1. The molecule has 0 unspecified atom stereocenters. The van der Waals surface area contributed by atoms with Crippen molar-refractivity contribution < 1.29 is 22.7 Å². The molecule has 0 spiro atoms. The lowest BCUT2D eigenvalue weighted by Crippen LogP contribution is -2.29. The average Bonchev–Trinajstić information content (AvgIpc) is 3.29. The number of ether oxygens (including phenoxy) is 2. The van der Waals surface area contributed by atoms with E-state index in [2.05, 4.69) is 5.32 Å². The number of rotatable bonds is 8. The summed E-state index contributed by atoms with van der Waals surface area (Å²) in [6.07, 6.45) is 2.35. The van der Waals surface area contributed by atoms with Crippen molar-refractivity contribution in [2.24, 2.45) is 0 Å². The van der Waals surface area contributed by atoms with Crippen LogP contribution < -0.4 is 14.8 Å². The number of carbonyl (C=O) groups excluding carboxylic acids is 1. The zero-order valence-corrected chi connectivity index (χ0v) is 18.4. The fraction of sp³-hybridized carbons (Fsp3) is 0.409. The summed E-state index contributed by atoms with van der Waals surface area (Å²) < 4.78 is 37.6. The van der Waals surface area contributed by atoms with Crippen LogP contribution in [0.3, 0.4) is 0 Å². The van der Waals surface area contributed by atoms with Crippen LogP contribution >= 0.6 is 0 Å². The van der Waals surface area contributed by atoms with E-state index in [0.29, 0.717) is 43.1 Å². The maximum atomic E-state index is 12.8. The van der Waals surface area contributed by atoms with E-state index in [0.717, 1.165) is 24.0 Å². The smallest absolute Gasteiger partial charge is 0.251 e. The minimum atomic E-state index is -3.56. The Morgan fingerprint density at radius 3 is 2.40 bits per heavy atom. The molecule has 1 aliphatic heterocycles. The third-order valence-corrected chi connectivity index (χ3v) is 7.20. The largest absolute Gasteiger partial charge is 0.493 e. The Morgan fingerprint density at radius 1 is 1.03 bits per heavy atom. The Hall–Kier alpha value is -2.58. The molecule has 0 radical (unpaired) electrons. The van der Waals surface area contributed by atoms with Gasteiger partial charge in [-0.1, -0.05) is 12.1 Å². The maximum absolute atomic E-state index is 12.8. The van der Waals surface area contributed by atoms with E-state index < -0.39 is 10.0 Å². The lowest BCUT2D eigenvalue weighted by molar-refractivity contribution is 0.0953. The highest BCUT2D eigenvalue weighted by molar-refractivity contribution is 7.89. The SMILES string of the molecule is COc1ccc(CCNC(=O)c2cc(S(=O)(=O)N3CCCC3)ccc2C)cc1OC. The molecule has 0 bridgehead atoms. The molecule has 0 saturated carbocycles. The number of hydrogen-bond acceptors (Lipinski definition) is 5. The third kappa shape index (κ3) is 4.76. The molecule has 1 saturated heterocycles. The van der Waals surface area contributed by atoms with E-state index in [9.17, 15) is 13.2 Å². The molecule has 0 atom stereocenters. The zero-order chi connectivity index (χ0) is 21.7. The summed E-state index contributed by atoms with van der Waals surface area (Å²) in [7, 11) is -0.402. The molecule has 1 heterocycles. The van der Waals surface area contributed by atoms with Gasteiger partial charge in [0, 0.05) is 25.2 Å². The molecule has 2 aromatic rings. The topological polar surface area (TPSA) is 84.9 Å². The minimum absolute atomic E-state index is 0.167. The summed E-state index contributed by atoms with van der Waals surface area (Å²) in [6.45, 7) is 3.28. The Bertz CT molecular complexity index is 1010. The predicted octanol–water partition coefficient (Wildman–Crippen LogP) is 2.77. The van der Waals surface area contributed by atoms with Crippen molar-refractivity contribution in [2.45, 2.75) is 31.1 Å². The van der Waals surface area contributed by atoms with Crippen LogP contribution in [0.15, 0.2) is 41.3 Å². The molecule has 162 valence electrons. The number of sulfonamides is 1. The fourth-order valence-electron chi connectivity index (χ4n) is 3.54. The first-order valence-corrected chi connectivity index (χ1v) is 11.4. The first-order chi connectivity index (χ1) is 14.4. The minimum Gasteiger partial charge on any atom is -0.493 e. The van der Waals surface area contributed by atoms with Gasteiger partial charge in [0.15, 0.2) is 11.5 Å². The van der Waals surface area contributed by atoms with Crippen molar-refractivity contribution >= 4 is 15.9 Å². The van der Waals surface area contributed by atoms with Crippen LogP contribution in [-0.2, 0) is 16.4 Å². The van der Waals surface area contributed by atoms with Gasteiger partial charge in [0.05, 0.1) is 19.1 Å². The number of aryl methyl sites for hydroxylation is 1. The Labute approximate surface area is 178 Å². The van der Waals surface area contributed by atoms with Gasteiger partial charge in [0.2, 0.25) is 10.0 Å². The second-order valence-corrected chi connectivity index (χ2v) is 9.22. The molecule has 1 aliphatic rings. The van der Waals surface area contributed by atoms with Gasteiger partial charge >= 0.3 is 0 Å². The number of carbonyl (C=O) groups is 1. The van der Waals surface area contributed by atoms with Crippen molar-refractivity contribution in [1.29, 1.82) is 0 Å². The van der Waals surface area contributed by atoms with E-state index >= 15 is 0 Å². The van der Waals surface area contributed by atoms with Crippen molar-refractivity contribution in [3.63, 3.8) is 0 Å². The number of hydrogen-bond donors (Lipinski definition) is 1. The molecule has 7 nitrogen and oxygen atoms in total. The summed E-state index contributed by atoms with van der Waals surface area (Å²) in [5, 5.41) is 2.88. The highest BCUT2D eigenvalue weighted by atomic mass is 32.2. The van der Waals surface area contributed by atoms with Gasteiger partial charge in [-0.25, -0.2) is 8.42 Å². The van der Waals surface area contributed by atoms with E-state index in [-0.39, 0.29) is 10.8 Å². The third-order valence-electron chi connectivity index (χ3n) is 5.30. The first kappa shape index (κ1) is 22.1. The normalized spacial score (nSPS) is 14.5. The molecule has 0 aliphatic carbocycles. The van der Waals surface area contributed by atoms with Gasteiger partial charge in [-0.2, -0.15) is 4.31 Å². The Balaban J connectivity index is 1.68. The highest BCUT2D eigenvalue weighted by Gasteiger charge is 2.28. The number of benzene rings is 2. The van der Waals surface area contributed by atoms with Gasteiger partial charge in [0.25, 0.3) is 5.91 Å². The molecule has 1 amide bonds. The standard InChI is InChI=1S/C22H28N2O5S/c1-16-6-8-18(30(26,27)24-12-4-5-13-24)15-19(16)22(25)23-11-10-17-7-9-20(28-2)21(14-17)29-3/h6-9,14-15H,4-5,10-13H2,1-3H3,(H,23,25). The van der Waals surface area contributed by atoms with Crippen LogP contribution in [0.25, 0.3) is 0 Å². The van der Waals surface area contributed by atoms with Crippen LogP contribution in [0.2, 0.25) is 0 Å². The van der Waals surface area contributed by atoms with Gasteiger partial charge in [0.1, 0.15) is 0 Å². The molecular weight excluding hydrogens is 404 g/mol. The summed E-state index contributed by atoms with van der Waals surface area (Å²) in [5.74, 6) is 1.00. The van der Waals surface area contributed by atoms with Crippen LogP contribution in [0, 0.1) is 6.92 Å². The fourth-order valence-corrected chi connectivity index (χ4v) is 5.08. The second-order valence-electron chi connectivity index (χ2n) is 7.28.